The minimum absolute atomic E-state index is 0.194. The van der Waals surface area contributed by atoms with E-state index in [4.69, 9.17) is 4.74 Å². The minimum Gasteiger partial charge on any atom is -0.444 e. The summed E-state index contributed by atoms with van der Waals surface area (Å²) in [5.74, 6) is 0.0178. The second-order valence-corrected chi connectivity index (χ2v) is 12.9. The van der Waals surface area contributed by atoms with Crippen LogP contribution in [0.4, 0.5) is 10.6 Å². The van der Waals surface area contributed by atoms with Crippen molar-refractivity contribution in [2.24, 2.45) is 0 Å². The lowest BCUT2D eigenvalue weighted by Crippen LogP contribution is -2.36. The van der Waals surface area contributed by atoms with E-state index in [0.717, 1.165) is 37.7 Å². The van der Waals surface area contributed by atoms with Gasteiger partial charge >= 0.3 is 6.09 Å². The Morgan fingerprint density at radius 3 is 2.62 bits per heavy atom. The molecule has 45 heavy (non-hydrogen) atoms. The Morgan fingerprint density at radius 1 is 1.16 bits per heavy atom. The zero-order valence-electron chi connectivity index (χ0n) is 26.8. The van der Waals surface area contributed by atoms with Crippen LogP contribution < -0.4 is 16.2 Å². The first-order chi connectivity index (χ1) is 21.6. The number of amides is 2. The molecule has 1 atom stereocenters. The highest BCUT2D eigenvalue weighted by Gasteiger charge is 2.32. The predicted octanol–water partition coefficient (Wildman–Crippen LogP) is 6.75. The topological polar surface area (TPSA) is 106 Å². The number of thiophene rings is 1. The van der Waals surface area contributed by atoms with Crippen LogP contribution in [0, 0.1) is 0 Å². The number of aromatic nitrogens is 2. The number of aryl methyl sites for hydroxylation is 1. The first-order valence-electron chi connectivity index (χ1n) is 15.3. The molecule has 0 spiro atoms. The zero-order chi connectivity index (χ0) is 32.7. The highest BCUT2D eigenvalue weighted by molar-refractivity contribution is 7.12. The quantitative estimate of drug-likeness (QED) is 0.254. The van der Waals surface area contributed by atoms with Gasteiger partial charge in [0.2, 0.25) is 5.91 Å². The van der Waals surface area contributed by atoms with E-state index in [9.17, 15) is 14.4 Å². The molecule has 2 aliphatic rings. The number of carbonyl (C=O) groups excluding carboxylic acids is 2. The lowest BCUT2D eigenvalue weighted by molar-refractivity contribution is -0.124. The number of hydrogen-bond acceptors (Lipinski definition) is 7. The number of fused-ring (bicyclic) bond motifs is 2. The summed E-state index contributed by atoms with van der Waals surface area (Å²) >= 11 is 1.58. The van der Waals surface area contributed by atoms with Gasteiger partial charge in [0, 0.05) is 28.2 Å². The number of nitrogens with one attached hydrogen (secondary N) is 2. The van der Waals surface area contributed by atoms with Gasteiger partial charge in [-0.05, 0) is 68.0 Å². The van der Waals surface area contributed by atoms with Crippen molar-refractivity contribution in [3.05, 3.63) is 110 Å². The number of carbonyl (C=O) groups is 2. The molecule has 5 rings (SSSR count). The number of anilines is 1. The smallest absolute Gasteiger partial charge is 0.410 e. The highest BCUT2D eigenvalue weighted by atomic mass is 32.1. The molecular weight excluding hydrogens is 586 g/mol. The van der Waals surface area contributed by atoms with Crippen LogP contribution >= 0.6 is 11.3 Å². The number of allylic oxidation sites excluding steroid dienone is 4. The largest absolute Gasteiger partial charge is 0.444 e. The summed E-state index contributed by atoms with van der Waals surface area (Å²) in [5, 5.41) is 6.18. The van der Waals surface area contributed by atoms with Crippen LogP contribution in [0.1, 0.15) is 79.2 Å². The van der Waals surface area contributed by atoms with Gasteiger partial charge in [-0.2, -0.15) is 0 Å². The Balaban J connectivity index is 0.00000226. The third-order valence-electron chi connectivity index (χ3n) is 7.33. The molecule has 0 fully saturated rings. The van der Waals surface area contributed by atoms with Crippen LogP contribution in [-0.2, 0) is 42.1 Å². The lowest BCUT2D eigenvalue weighted by atomic mass is 10.0. The Bertz CT molecular complexity index is 1640. The van der Waals surface area contributed by atoms with Gasteiger partial charge in [0.05, 0.1) is 19.6 Å². The van der Waals surface area contributed by atoms with Crippen LogP contribution in [0.15, 0.2) is 72.7 Å². The summed E-state index contributed by atoms with van der Waals surface area (Å²) in [6, 6.07) is 9.39. The van der Waals surface area contributed by atoms with Gasteiger partial charge in [-0.1, -0.05) is 63.4 Å². The Morgan fingerprint density at radius 2 is 1.93 bits per heavy atom. The van der Waals surface area contributed by atoms with E-state index in [0.29, 0.717) is 39.0 Å². The van der Waals surface area contributed by atoms with Crippen LogP contribution in [-0.4, -0.2) is 32.1 Å². The summed E-state index contributed by atoms with van der Waals surface area (Å²) < 4.78 is 7.05. The summed E-state index contributed by atoms with van der Waals surface area (Å²) in [7, 11) is 0. The molecule has 2 aromatic heterocycles. The first kappa shape index (κ1) is 33.5. The maximum atomic E-state index is 13.4. The number of rotatable bonds is 9. The Hall–Kier alpha value is -4.44. The maximum Gasteiger partial charge on any atom is 0.410 e. The summed E-state index contributed by atoms with van der Waals surface area (Å²) in [5.41, 5.74) is 3.92. The monoisotopic (exact) mass is 629 g/mol. The molecule has 9 nitrogen and oxygen atoms in total. The normalized spacial score (nSPS) is 15.4. The molecule has 4 heterocycles. The van der Waals surface area contributed by atoms with Crippen molar-refractivity contribution >= 4 is 34.7 Å². The molecule has 0 bridgehead atoms. The van der Waals surface area contributed by atoms with Crippen molar-refractivity contribution in [3.63, 3.8) is 0 Å². The number of benzene rings is 1. The molecule has 3 aromatic rings. The van der Waals surface area contributed by atoms with E-state index in [1.807, 2.05) is 71.0 Å². The van der Waals surface area contributed by atoms with Crippen molar-refractivity contribution < 1.29 is 14.3 Å². The predicted molar refractivity (Wildman–Crippen MR) is 181 cm³/mol. The highest BCUT2D eigenvalue weighted by Crippen LogP contribution is 2.32. The number of nitrogens with zero attached hydrogens (tertiary/aromatic N) is 3. The fraction of sp³-hybridized carbons (Fsp3) is 0.371. The van der Waals surface area contributed by atoms with Crippen molar-refractivity contribution in [2.75, 3.05) is 5.32 Å². The second kappa shape index (κ2) is 14.6. The van der Waals surface area contributed by atoms with Crippen LogP contribution in [0.25, 0.3) is 5.57 Å². The van der Waals surface area contributed by atoms with Gasteiger partial charge in [-0.25, -0.2) is 9.78 Å². The fourth-order valence-electron chi connectivity index (χ4n) is 5.33. The molecule has 2 N–H and O–H groups in total. The third kappa shape index (κ3) is 7.99. The van der Waals surface area contributed by atoms with Gasteiger partial charge in [0.25, 0.3) is 5.56 Å². The zero-order valence-corrected chi connectivity index (χ0v) is 27.6. The molecule has 0 aliphatic carbocycles. The Kier molecular flexibility index (Phi) is 10.8. The van der Waals surface area contributed by atoms with Crippen molar-refractivity contribution in [2.45, 2.75) is 85.3 Å². The van der Waals surface area contributed by atoms with Crippen molar-refractivity contribution in [3.8, 4) is 0 Å². The molecule has 2 amide bonds. The van der Waals surface area contributed by atoms with E-state index < -0.39 is 11.6 Å². The van der Waals surface area contributed by atoms with E-state index in [2.05, 4.69) is 28.8 Å². The maximum absolute atomic E-state index is 13.4. The van der Waals surface area contributed by atoms with Crippen LogP contribution in [0.5, 0.6) is 0 Å². The molecule has 0 radical (unpaired) electrons. The molecule has 0 saturated heterocycles. The Labute approximate surface area is 269 Å². The molecule has 10 heteroatoms. The lowest BCUT2D eigenvalue weighted by Gasteiger charge is -2.24. The summed E-state index contributed by atoms with van der Waals surface area (Å²) in [6.07, 6.45) is 7.89. The van der Waals surface area contributed by atoms with Gasteiger partial charge in [-0.15, -0.1) is 11.3 Å². The van der Waals surface area contributed by atoms with E-state index in [1.165, 1.54) is 0 Å². The van der Waals surface area contributed by atoms with Crippen molar-refractivity contribution in [1.29, 1.82) is 0 Å². The summed E-state index contributed by atoms with van der Waals surface area (Å²) in [4.78, 5) is 47.3. The third-order valence-corrected chi connectivity index (χ3v) is 8.49. The van der Waals surface area contributed by atoms with Crippen LogP contribution in [0.2, 0.25) is 0 Å². The van der Waals surface area contributed by atoms with Gasteiger partial charge in [0.1, 0.15) is 11.6 Å². The average Bonchev–Trinajstić information content (AvgIpc) is 3.73. The second-order valence-electron chi connectivity index (χ2n) is 11.7. The molecular formula is C35H43N5O4S. The van der Waals surface area contributed by atoms with Crippen molar-refractivity contribution in [1.82, 2.24) is 19.8 Å². The van der Waals surface area contributed by atoms with E-state index in [-0.39, 0.29) is 23.4 Å². The van der Waals surface area contributed by atoms with E-state index >= 15 is 0 Å². The SMILES string of the molecule is C=C/C=C(\C=C)c1cccc(CNc2ncc3n(c2=O)C(C(=O)NCc2cc4c(s2)CN(C(=O)OC(C)(C)C)C4)CC3)c1.CC. The number of ether oxygens (including phenoxy) is 1. The van der Waals surface area contributed by atoms with Crippen LogP contribution in [0.3, 0.4) is 0 Å². The van der Waals surface area contributed by atoms with Gasteiger partial charge in [-0.3, -0.25) is 19.1 Å². The standard InChI is InChI=1S/C33H37N5O4S.C2H6/c1-6-9-22(7-2)23-11-8-10-21(14-23)16-34-29-31(40)38-25(17-35-29)12-13-27(38)30(39)36-18-26-15-24-19-37(20-28(24)43-26)32(41)42-33(3,4)5;1-2/h6-11,14-15,17,27H,1-2,12-13,16,18-20H2,3-5H3,(H,34,35)(H,36,39);1-2H3/b22-9+;. The average molecular weight is 630 g/mol. The minimum atomic E-state index is -0.594. The molecule has 1 aromatic carbocycles. The van der Waals surface area contributed by atoms with Gasteiger partial charge < -0.3 is 15.4 Å². The number of hydrogen-bond donors (Lipinski definition) is 2. The summed E-state index contributed by atoms with van der Waals surface area (Å²) in [6.45, 7) is 18.9. The van der Waals surface area contributed by atoms with Gasteiger partial charge in [0.15, 0.2) is 5.82 Å². The molecule has 0 saturated carbocycles. The molecule has 2 aliphatic heterocycles. The molecule has 1 unspecified atom stereocenters. The van der Waals surface area contributed by atoms with E-state index in [1.54, 1.807) is 39.2 Å². The molecule has 238 valence electrons. The first-order valence-corrected chi connectivity index (χ1v) is 16.1. The fourth-order valence-corrected chi connectivity index (χ4v) is 6.47.